The van der Waals surface area contributed by atoms with Crippen LogP contribution in [0.2, 0.25) is 0 Å². The maximum absolute atomic E-state index is 12.0. The minimum absolute atomic E-state index is 0. The molecule has 1 fully saturated rings. The Morgan fingerprint density at radius 1 is 1.08 bits per heavy atom. The van der Waals surface area contributed by atoms with Crippen LogP contribution in [0.15, 0.2) is 24.3 Å². The molecule has 0 bridgehead atoms. The van der Waals surface area contributed by atoms with E-state index >= 15 is 0 Å². The van der Waals surface area contributed by atoms with E-state index in [4.69, 9.17) is 5.73 Å². The SMILES string of the molecule is CC(C)Cc1ccc([C@@H](CC(C)N2CCCCC2)C(N)=O)cc1.Cl. The van der Waals surface area contributed by atoms with E-state index in [1.165, 1.54) is 24.8 Å². The zero-order valence-electron chi connectivity index (χ0n) is 15.3. The van der Waals surface area contributed by atoms with E-state index in [0.717, 1.165) is 31.5 Å². The van der Waals surface area contributed by atoms with Gasteiger partial charge in [0.2, 0.25) is 5.91 Å². The zero-order chi connectivity index (χ0) is 16.8. The number of carbonyl (C=O) groups excluding carboxylic acids is 1. The van der Waals surface area contributed by atoms with E-state index in [0.29, 0.717) is 12.0 Å². The lowest BCUT2D eigenvalue weighted by Gasteiger charge is -2.34. The van der Waals surface area contributed by atoms with Crippen molar-refractivity contribution >= 4 is 18.3 Å². The first-order chi connectivity index (χ1) is 11.0. The molecule has 1 saturated heterocycles. The first-order valence-electron chi connectivity index (χ1n) is 9.09. The second-order valence-electron chi connectivity index (χ2n) is 7.48. The summed E-state index contributed by atoms with van der Waals surface area (Å²) in [5, 5.41) is 0. The van der Waals surface area contributed by atoms with Crippen molar-refractivity contribution in [3.8, 4) is 0 Å². The number of benzene rings is 1. The van der Waals surface area contributed by atoms with Crippen LogP contribution in [-0.2, 0) is 11.2 Å². The summed E-state index contributed by atoms with van der Waals surface area (Å²) in [4.78, 5) is 14.5. The fourth-order valence-electron chi connectivity index (χ4n) is 3.62. The first-order valence-corrected chi connectivity index (χ1v) is 9.09. The van der Waals surface area contributed by atoms with E-state index in [1.807, 2.05) is 0 Å². The number of amides is 1. The van der Waals surface area contributed by atoms with E-state index < -0.39 is 0 Å². The predicted molar refractivity (Wildman–Crippen MR) is 104 cm³/mol. The molecule has 0 radical (unpaired) electrons. The van der Waals surface area contributed by atoms with E-state index in [-0.39, 0.29) is 24.2 Å². The molecule has 1 aromatic rings. The van der Waals surface area contributed by atoms with Crippen molar-refractivity contribution in [3.63, 3.8) is 0 Å². The molecule has 0 aromatic heterocycles. The lowest BCUT2D eigenvalue weighted by atomic mass is 9.89. The largest absolute Gasteiger partial charge is 0.369 e. The molecule has 1 unspecified atom stereocenters. The van der Waals surface area contributed by atoms with Crippen molar-refractivity contribution in [1.82, 2.24) is 4.90 Å². The van der Waals surface area contributed by atoms with Crippen LogP contribution < -0.4 is 5.73 Å². The van der Waals surface area contributed by atoms with Crippen LogP contribution in [0, 0.1) is 5.92 Å². The molecule has 1 aliphatic rings. The number of hydrogen-bond acceptors (Lipinski definition) is 2. The number of rotatable bonds is 7. The fourth-order valence-corrected chi connectivity index (χ4v) is 3.62. The molecule has 1 heterocycles. The molecular formula is C20H33ClN2O. The molecule has 2 atom stereocenters. The minimum atomic E-state index is -0.203. The van der Waals surface area contributed by atoms with Gasteiger partial charge in [-0.3, -0.25) is 4.79 Å². The van der Waals surface area contributed by atoms with Crippen LogP contribution in [0.3, 0.4) is 0 Å². The normalized spacial score (nSPS) is 18.0. The molecule has 4 heteroatoms. The van der Waals surface area contributed by atoms with Gasteiger partial charge >= 0.3 is 0 Å². The second-order valence-corrected chi connectivity index (χ2v) is 7.48. The molecule has 0 saturated carbocycles. The van der Waals surface area contributed by atoms with Crippen molar-refractivity contribution in [2.75, 3.05) is 13.1 Å². The summed E-state index contributed by atoms with van der Waals surface area (Å²) in [6.45, 7) is 8.98. The fraction of sp³-hybridized carbons (Fsp3) is 0.650. The van der Waals surface area contributed by atoms with E-state index in [9.17, 15) is 4.79 Å². The van der Waals surface area contributed by atoms with Crippen molar-refractivity contribution in [2.45, 2.75) is 64.8 Å². The number of likely N-dealkylation sites (tertiary alicyclic amines) is 1. The summed E-state index contributed by atoms with van der Waals surface area (Å²) in [7, 11) is 0. The quantitative estimate of drug-likeness (QED) is 0.801. The number of primary amides is 1. The highest BCUT2D eigenvalue weighted by Crippen LogP contribution is 2.25. The van der Waals surface area contributed by atoms with Gasteiger partial charge in [-0.05, 0) is 62.7 Å². The highest BCUT2D eigenvalue weighted by Gasteiger charge is 2.25. The molecule has 1 aromatic carbocycles. The minimum Gasteiger partial charge on any atom is -0.369 e. The lowest BCUT2D eigenvalue weighted by molar-refractivity contribution is -0.119. The second kappa shape index (κ2) is 10.0. The van der Waals surface area contributed by atoms with E-state index in [1.54, 1.807) is 0 Å². The maximum Gasteiger partial charge on any atom is 0.225 e. The standard InChI is InChI=1S/C20H32N2O.ClH/c1-15(2)13-17-7-9-18(10-8-17)19(20(21)23)14-16(3)22-11-5-4-6-12-22;/h7-10,15-16,19H,4-6,11-14H2,1-3H3,(H2,21,23);1H/t16?,19-;/m1./s1. The molecule has 0 spiro atoms. The Morgan fingerprint density at radius 3 is 2.17 bits per heavy atom. The summed E-state index contributed by atoms with van der Waals surface area (Å²) in [6, 6.07) is 8.89. The molecule has 0 aliphatic carbocycles. The van der Waals surface area contributed by atoms with Crippen molar-refractivity contribution in [3.05, 3.63) is 35.4 Å². The third kappa shape index (κ3) is 6.10. The number of nitrogens with zero attached hydrogens (tertiary/aromatic N) is 1. The molecule has 2 rings (SSSR count). The van der Waals surface area contributed by atoms with Gasteiger partial charge < -0.3 is 10.6 Å². The summed E-state index contributed by atoms with van der Waals surface area (Å²) < 4.78 is 0. The van der Waals surface area contributed by atoms with Gasteiger partial charge in [-0.1, -0.05) is 44.5 Å². The lowest BCUT2D eigenvalue weighted by Crippen LogP contribution is -2.39. The molecule has 1 amide bonds. The number of halogens is 1. The number of carbonyl (C=O) groups is 1. The molecule has 1 aliphatic heterocycles. The highest BCUT2D eigenvalue weighted by molar-refractivity contribution is 5.85. The zero-order valence-corrected chi connectivity index (χ0v) is 16.1. The molecule has 136 valence electrons. The Morgan fingerprint density at radius 2 is 1.67 bits per heavy atom. The van der Waals surface area contributed by atoms with Gasteiger partial charge in [0.25, 0.3) is 0 Å². The first kappa shape index (κ1) is 21.0. The average molecular weight is 353 g/mol. The van der Waals surface area contributed by atoms with Gasteiger partial charge in [0.15, 0.2) is 0 Å². The van der Waals surface area contributed by atoms with Gasteiger partial charge in [0, 0.05) is 6.04 Å². The van der Waals surface area contributed by atoms with Crippen LogP contribution in [0.25, 0.3) is 0 Å². The Kier molecular flexibility index (Phi) is 8.79. The Hall–Kier alpha value is -1.06. The van der Waals surface area contributed by atoms with Gasteiger partial charge in [-0.15, -0.1) is 12.4 Å². The van der Waals surface area contributed by atoms with Crippen LogP contribution in [-0.4, -0.2) is 29.9 Å². The number of nitrogens with two attached hydrogens (primary N) is 1. The van der Waals surface area contributed by atoms with Crippen molar-refractivity contribution in [2.24, 2.45) is 11.7 Å². The predicted octanol–water partition coefficient (Wildman–Crippen LogP) is 4.14. The topological polar surface area (TPSA) is 46.3 Å². The summed E-state index contributed by atoms with van der Waals surface area (Å²) in [6.07, 6.45) is 5.77. The number of hydrogen-bond donors (Lipinski definition) is 1. The number of piperidine rings is 1. The van der Waals surface area contributed by atoms with Crippen LogP contribution in [0.4, 0.5) is 0 Å². The van der Waals surface area contributed by atoms with Crippen molar-refractivity contribution < 1.29 is 4.79 Å². The van der Waals surface area contributed by atoms with Gasteiger partial charge in [0.05, 0.1) is 5.92 Å². The van der Waals surface area contributed by atoms with Crippen LogP contribution >= 0.6 is 12.4 Å². The molecule has 24 heavy (non-hydrogen) atoms. The summed E-state index contributed by atoms with van der Waals surface area (Å²) in [5.41, 5.74) is 8.10. The van der Waals surface area contributed by atoms with Crippen LogP contribution in [0.1, 0.15) is 63.5 Å². The van der Waals surface area contributed by atoms with Crippen molar-refractivity contribution in [1.29, 1.82) is 0 Å². The van der Waals surface area contributed by atoms with Gasteiger partial charge in [-0.25, -0.2) is 0 Å². The maximum atomic E-state index is 12.0. The van der Waals surface area contributed by atoms with E-state index in [2.05, 4.69) is 49.9 Å². The Balaban J connectivity index is 0.00000288. The van der Waals surface area contributed by atoms with Gasteiger partial charge in [0.1, 0.15) is 0 Å². The average Bonchev–Trinajstić information content (AvgIpc) is 2.53. The summed E-state index contributed by atoms with van der Waals surface area (Å²) in [5.74, 6) is 0.261. The van der Waals surface area contributed by atoms with Gasteiger partial charge in [-0.2, -0.15) is 0 Å². The molecule has 2 N–H and O–H groups in total. The third-order valence-corrected chi connectivity index (χ3v) is 4.96. The summed E-state index contributed by atoms with van der Waals surface area (Å²) >= 11 is 0. The molecular weight excluding hydrogens is 320 g/mol. The molecule has 3 nitrogen and oxygen atoms in total. The third-order valence-electron chi connectivity index (χ3n) is 4.96. The highest BCUT2D eigenvalue weighted by atomic mass is 35.5. The monoisotopic (exact) mass is 352 g/mol. The van der Waals surface area contributed by atoms with Crippen LogP contribution in [0.5, 0.6) is 0 Å². The smallest absolute Gasteiger partial charge is 0.225 e. The Bertz CT molecular complexity index is 495. The Labute approximate surface area is 153 Å².